The average Bonchev–Trinajstić information content (AvgIpc) is 2.43. The fourth-order valence-corrected chi connectivity index (χ4v) is 1.77. The van der Waals surface area contributed by atoms with Gasteiger partial charge in [-0.1, -0.05) is 25.1 Å². The van der Waals surface area contributed by atoms with Crippen LogP contribution in [0.5, 0.6) is 5.75 Å². The van der Waals surface area contributed by atoms with Crippen LogP contribution in [0.25, 0.3) is 0 Å². The number of para-hydroxylation sites is 1. The summed E-state index contributed by atoms with van der Waals surface area (Å²) in [6.45, 7) is 4.46. The molecule has 0 saturated carbocycles. The number of ether oxygens (including phenoxy) is 2. The van der Waals surface area contributed by atoms with Gasteiger partial charge in [-0.15, -0.1) is 0 Å². The Labute approximate surface area is 108 Å². The third-order valence-corrected chi connectivity index (χ3v) is 2.94. The van der Waals surface area contributed by atoms with Gasteiger partial charge >= 0.3 is 5.97 Å². The number of esters is 1. The molecule has 100 valence electrons. The van der Waals surface area contributed by atoms with Crippen LogP contribution in [0.4, 0.5) is 0 Å². The van der Waals surface area contributed by atoms with Gasteiger partial charge in [0.25, 0.3) is 0 Å². The molecule has 0 aromatic heterocycles. The van der Waals surface area contributed by atoms with Crippen molar-refractivity contribution < 1.29 is 14.3 Å². The molecular formula is C14H21NO3. The highest BCUT2D eigenvalue weighted by atomic mass is 16.5. The molecule has 1 unspecified atom stereocenters. The summed E-state index contributed by atoms with van der Waals surface area (Å²) in [5.41, 5.74) is 1.08. The van der Waals surface area contributed by atoms with Crippen molar-refractivity contribution in [2.24, 2.45) is 5.92 Å². The smallest absolute Gasteiger partial charge is 0.309 e. The quantitative estimate of drug-likeness (QED) is 0.787. The van der Waals surface area contributed by atoms with Crippen molar-refractivity contribution in [3.8, 4) is 5.75 Å². The van der Waals surface area contributed by atoms with Gasteiger partial charge in [0.1, 0.15) is 5.75 Å². The maximum absolute atomic E-state index is 11.3. The van der Waals surface area contributed by atoms with Gasteiger partial charge in [-0.2, -0.15) is 0 Å². The van der Waals surface area contributed by atoms with Crippen LogP contribution in [0.2, 0.25) is 0 Å². The molecule has 1 N–H and O–H groups in total. The average molecular weight is 251 g/mol. The van der Waals surface area contributed by atoms with Crippen LogP contribution in [0, 0.1) is 5.92 Å². The topological polar surface area (TPSA) is 47.6 Å². The highest BCUT2D eigenvalue weighted by Crippen LogP contribution is 2.24. The van der Waals surface area contributed by atoms with Crippen molar-refractivity contribution in [3.05, 3.63) is 29.8 Å². The summed E-state index contributed by atoms with van der Waals surface area (Å²) in [6.07, 6.45) is 0. The van der Waals surface area contributed by atoms with E-state index in [1.54, 1.807) is 7.11 Å². The second-order valence-electron chi connectivity index (χ2n) is 4.30. The molecule has 0 saturated heterocycles. The largest absolute Gasteiger partial charge is 0.496 e. The number of rotatable bonds is 6. The van der Waals surface area contributed by atoms with Gasteiger partial charge < -0.3 is 14.8 Å². The van der Waals surface area contributed by atoms with Gasteiger partial charge in [-0.25, -0.2) is 0 Å². The molecule has 1 aromatic carbocycles. The molecule has 0 bridgehead atoms. The molecule has 0 fully saturated rings. The number of carbonyl (C=O) groups excluding carboxylic acids is 1. The van der Waals surface area contributed by atoms with Crippen molar-refractivity contribution in [1.82, 2.24) is 5.32 Å². The van der Waals surface area contributed by atoms with Gasteiger partial charge in [0, 0.05) is 18.2 Å². The van der Waals surface area contributed by atoms with Crippen molar-refractivity contribution in [2.75, 3.05) is 20.8 Å². The molecule has 4 heteroatoms. The number of methoxy groups -OCH3 is 2. The van der Waals surface area contributed by atoms with Crippen LogP contribution in [0.1, 0.15) is 25.5 Å². The highest BCUT2D eigenvalue weighted by molar-refractivity contribution is 5.72. The zero-order valence-corrected chi connectivity index (χ0v) is 11.4. The minimum absolute atomic E-state index is 0.119. The van der Waals surface area contributed by atoms with E-state index in [0.29, 0.717) is 6.54 Å². The molecule has 2 atom stereocenters. The molecule has 0 amide bonds. The highest BCUT2D eigenvalue weighted by Gasteiger charge is 2.16. The molecule has 1 aromatic rings. The van der Waals surface area contributed by atoms with E-state index in [1.165, 1.54) is 7.11 Å². The maximum Gasteiger partial charge on any atom is 0.309 e. The van der Waals surface area contributed by atoms with E-state index in [4.69, 9.17) is 9.47 Å². The molecule has 0 radical (unpaired) electrons. The monoisotopic (exact) mass is 251 g/mol. The number of benzene rings is 1. The second-order valence-corrected chi connectivity index (χ2v) is 4.30. The Balaban J connectivity index is 2.60. The summed E-state index contributed by atoms with van der Waals surface area (Å²) in [7, 11) is 3.06. The first-order chi connectivity index (χ1) is 8.60. The Morgan fingerprint density at radius 1 is 1.28 bits per heavy atom. The van der Waals surface area contributed by atoms with E-state index in [0.717, 1.165) is 11.3 Å². The van der Waals surface area contributed by atoms with Crippen LogP contribution in [-0.2, 0) is 9.53 Å². The van der Waals surface area contributed by atoms with Crippen LogP contribution in [0.3, 0.4) is 0 Å². The molecule has 0 aliphatic heterocycles. The standard InChI is InChI=1S/C14H21NO3/c1-10(14(16)18-4)9-15-11(2)12-7-5-6-8-13(12)17-3/h5-8,10-11,15H,9H2,1-4H3/t10?,11-/m0/s1. The van der Waals surface area contributed by atoms with Gasteiger partial charge in [-0.05, 0) is 13.0 Å². The van der Waals surface area contributed by atoms with E-state index in [2.05, 4.69) is 5.32 Å². The summed E-state index contributed by atoms with van der Waals surface area (Å²) in [6, 6.07) is 7.97. The molecule has 0 heterocycles. The van der Waals surface area contributed by atoms with Gasteiger partial charge in [-0.3, -0.25) is 4.79 Å². The summed E-state index contributed by atoms with van der Waals surface area (Å²) >= 11 is 0. The van der Waals surface area contributed by atoms with Gasteiger partial charge in [0.2, 0.25) is 0 Å². The number of hydrogen-bond acceptors (Lipinski definition) is 4. The van der Waals surface area contributed by atoms with E-state index < -0.39 is 0 Å². The van der Waals surface area contributed by atoms with Crippen LogP contribution < -0.4 is 10.1 Å². The molecule has 0 aliphatic carbocycles. The Bertz CT molecular complexity index is 392. The summed E-state index contributed by atoms with van der Waals surface area (Å²) in [5.74, 6) is 0.491. The zero-order valence-electron chi connectivity index (χ0n) is 11.4. The SMILES string of the molecule is COC(=O)C(C)CN[C@@H](C)c1ccccc1OC. The lowest BCUT2D eigenvalue weighted by molar-refractivity contribution is -0.144. The lowest BCUT2D eigenvalue weighted by Gasteiger charge is -2.19. The van der Waals surface area contributed by atoms with Crippen molar-refractivity contribution in [2.45, 2.75) is 19.9 Å². The fourth-order valence-electron chi connectivity index (χ4n) is 1.77. The Morgan fingerprint density at radius 2 is 1.94 bits per heavy atom. The van der Waals surface area contributed by atoms with Gasteiger partial charge in [0.05, 0.1) is 20.1 Å². The number of carbonyl (C=O) groups is 1. The summed E-state index contributed by atoms with van der Waals surface area (Å²) < 4.78 is 10.0. The normalized spacial score (nSPS) is 13.8. The Morgan fingerprint density at radius 3 is 2.56 bits per heavy atom. The zero-order chi connectivity index (χ0) is 13.5. The molecule has 18 heavy (non-hydrogen) atoms. The molecule has 4 nitrogen and oxygen atoms in total. The lowest BCUT2D eigenvalue weighted by atomic mass is 10.1. The van der Waals surface area contributed by atoms with Crippen LogP contribution in [-0.4, -0.2) is 26.7 Å². The molecule has 1 rings (SSSR count). The summed E-state index contributed by atoms with van der Waals surface area (Å²) in [5, 5.41) is 3.31. The summed E-state index contributed by atoms with van der Waals surface area (Å²) in [4.78, 5) is 11.3. The lowest BCUT2D eigenvalue weighted by Crippen LogP contribution is -2.29. The molecular weight excluding hydrogens is 230 g/mol. The molecule has 0 spiro atoms. The minimum Gasteiger partial charge on any atom is -0.496 e. The first-order valence-electron chi connectivity index (χ1n) is 6.04. The van der Waals surface area contributed by atoms with Gasteiger partial charge in [0.15, 0.2) is 0 Å². The van der Waals surface area contributed by atoms with E-state index in [9.17, 15) is 4.79 Å². The third-order valence-electron chi connectivity index (χ3n) is 2.94. The number of nitrogens with one attached hydrogen (secondary N) is 1. The van der Waals surface area contributed by atoms with Crippen molar-refractivity contribution in [1.29, 1.82) is 0 Å². The van der Waals surface area contributed by atoms with Crippen LogP contribution in [0.15, 0.2) is 24.3 Å². The first kappa shape index (κ1) is 14.5. The van der Waals surface area contributed by atoms with E-state index >= 15 is 0 Å². The minimum atomic E-state index is -0.199. The maximum atomic E-state index is 11.3. The van der Waals surface area contributed by atoms with E-state index in [-0.39, 0.29) is 17.9 Å². The predicted octanol–water partition coefficient (Wildman–Crippen LogP) is 2.15. The predicted molar refractivity (Wildman–Crippen MR) is 70.6 cm³/mol. The number of hydrogen-bond donors (Lipinski definition) is 1. The first-order valence-corrected chi connectivity index (χ1v) is 6.04. The van der Waals surface area contributed by atoms with E-state index in [1.807, 2.05) is 38.1 Å². The third kappa shape index (κ3) is 3.74. The second kappa shape index (κ2) is 7.01. The Kier molecular flexibility index (Phi) is 5.65. The molecule has 0 aliphatic rings. The Hall–Kier alpha value is -1.55. The fraction of sp³-hybridized carbons (Fsp3) is 0.500. The van der Waals surface area contributed by atoms with Crippen LogP contribution >= 0.6 is 0 Å². The van der Waals surface area contributed by atoms with Crippen molar-refractivity contribution >= 4 is 5.97 Å². The van der Waals surface area contributed by atoms with Crippen molar-refractivity contribution in [3.63, 3.8) is 0 Å².